The highest BCUT2D eigenvalue weighted by Gasteiger charge is 2.24. The molecule has 29 heavy (non-hydrogen) atoms. The fraction of sp³-hybridized carbons (Fsp3) is 0.150. The fourth-order valence-corrected chi connectivity index (χ4v) is 4.26. The summed E-state index contributed by atoms with van der Waals surface area (Å²) in [5, 5.41) is 14.4. The number of thioether (sulfide) groups is 1. The zero-order valence-electron chi connectivity index (χ0n) is 15.6. The average molecular weight is 423 g/mol. The Balaban J connectivity index is 1.68. The van der Waals surface area contributed by atoms with Crippen molar-refractivity contribution in [1.82, 2.24) is 24.7 Å². The number of thiazole rings is 1. The summed E-state index contributed by atoms with van der Waals surface area (Å²) in [5.74, 6) is 0.583. The van der Waals surface area contributed by atoms with E-state index in [-0.39, 0.29) is 11.2 Å². The van der Waals surface area contributed by atoms with Gasteiger partial charge < -0.3 is 5.32 Å². The van der Waals surface area contributed by atoms with E-state index in [9.17, 15) is 4.79 Å². The van der Waals surface area contributed by atoms with Crippen LogP contribution in [-0.2, 0) is 4.79 Å². The van der Waals surface area contributed by atoms with Crippen LogP contribution in [0.25, 0.3) is 17.1 Å². The Kier molecular flexibility index (Phi) is 5.97. The third kappa shape index (κ3) is 4.36. The Bertz CT molecular complexity index is 1070. The summed E-state index contributed by atoms with van der Waals surface area (Å²) in [5.41, 5.74) is 1.78. The molecular formula is C20H18N6OS2. The van der Waals surface area contributed by atoms with Crippen LogP contribution in [0.4, 0.5) is 5.13 Å². The minimum Gasteiger partial charge on any atom is -0.301 e. The van der Waals surface area contributed by atoms with E-state index >= 15 is 0 Å². The Hall–Kier alpha value is -3.04. The second-order valence-corrected chi connectivity index (χ2v) is 8.12. The van der Waals surface area contributed by atoms with Crippen molar-refractivity contribution in [3.63, 3.8) is 0 Å². The maximum Gasteiger partial charge on any atom is 0.239 e. The molecule has 1 atom stereocenters. The van der Waals surface area contributed by atoms with Gasteiger partial charge in [-0.05, 0) is 30.7 Å². The molecule has 9 heteroatoms. The maximum absolute atomic E-state index is 12.7. The zero-order valence-corrected chi connectivity index (χ0v) is 17.2. The van der Waals surface area contributed by atoms with E-state index in [1.165, 1.54) is 23.1 Å². The third-order valence-corrected chi connectivity index (χ3v) is 6.14. The number of rotatable bonds is 7. The monoisotopic (exact) mass is 422 g/mol. The Morgan fingerprint density at radius 2 is 2.03 bits per heavy atom. The van der Waals surface area contributed by atoms with Crippen molar-refractivity contribution in [1.29, 1.82) is 0 Å². The Labute approximate surface area is 176 Å². The molecule has 4 rings (SSSR count). The topological polar surface area (TPSA) is 85.6 Å². The van der Waals surface area contributed by atoms with Crippen LogP contribution in [0, 0.1) is 0 Å². The van der Waals surface area contributed by atoms with Crippen LogP contribution in [0.5, 0.6) is 0 Å². The smallest absolute Gasteiger partial charge is 0.239 e. The summed E-state index contributed by atoms with van der Waals surface area (Å²) < 4.78 is 1.96. The van der Waals surface area contributed by atoms with Crippen molar-refractivity contribution >= 4 is 34.1 Å². The van der Waals surface area contributed by atoms with Gasteiger partial charge in [0, 0.05) is 35.2 Å². The van der Waals surface area contributed by atoms with E-state index in [1.54, 1.807) is 18.6 Å². The highest BCUT2D eigenvalue weighted by Crippen LogP contribution is 2.31. The van der Waals surface area contributed by atoms with Crippen LogP contribution in [0.2, 0.25) is 0 Å². The Morgan fingerprint density at radius 3 is 2.72 bits per heavy atom. The highest BCUT2D eigenvalue weighted by molar-refractivity contribution is 8.00. The number of hydrogen-bond acceptors (Lipinski definition) is 7. The molecular weight excluding hydrogens is 404 g/mol. The lowest BCUT2D eigenvalue weighted by Crippen LogP contribution is -2.25. The molecule has 0 fully saturated rings. The zero-order chi connectivity index (χ0) is 20.1. The predicted molar refractivity (Wildman–Crippen MR) is 115 cm³/mol. The number of carbonyl (C=O) groups excluding carboxylic acids is 1. The Morgan fingerprint density at radius 1 is 1.17 bits per heavy atom. The summed E-state index contributed by atoms with van der Waals surface area (Å²) in [6.07, 6.45) is 5.79. The highest BCUT2D eigenvalue weighted by atomic mass is 32.2. The van der Waals surface area contributed by atoms with Crippen molar-refractivity contribution in [2.45, 2.75) is 23.8 Å². The molecule has 146 valence electrons. The molecule has 1 amide bonds. The summed E-state index contributed by atoms with van der Waals surface area (Å²) in [7, 11) is 0. The number of aromatic nitrogens is 5. The minimum atomic E-state index is -0.327. The van der Waals surface area contributed by atoms with Gasteiger partial charge in [0.05, 0.1) is 5.25 Å². The molecule has 0 saturated heterocycles. The summed E-state index contributed by atoms with van der Waals surface area (Å²) in [4.78, 5) is 21.1. The number of hydrogen-bond donors (Lipinski definition) is 1. The standard InChI is InChI=1S/C20H18N6OS2/c1-2-16(18(27)23-19-22-11-12-28-19)29-20-25-24-17(14-7-6-10-21-13-14)26(20)15-8-4-3-5-9-15/h3-13,16H,2H2,1H3,(H,22,23,27)/t16-/m0/s1. The summed E-state index contributed by atoms with van der Waals surface area (Å²) in [6, 6.07) is 13.7. The molecule has 0 bridgehead atoms. The van der Waals surface area contributed by atoms with Crippen LogP contribution >= 0.6 is 23.1 Å². The van der Waals surface area contributed by atoms with Gasteiger partial charge in [-0.3, -0.25) is 14.3 Å². The molecule has 0 spiro atoms. The molecule has 3 aromatic heterocycles. The second-order valence-electron chi connectivity index (χ2n) is 6.06. The third-order valence-electron chi connectivity index (χ3n) is 4.14. The quantitative estimate of drug-likeness (QED) is 0.447. The molecule has 4 aromatic rings. The van der Waals surface area contributed by atoms with Crippen LogP contribution in [0.15, 0.2) is 71.6 Å². The fourth-order valence-electron chi connectivity index (χ4n) is 2.76. The second kappa shape index (κ2) is 8.97. The lowest BCUT2D eigenvalue weighted by molar-refractivity contribution is -0.115. The molecule has 3 heterocycles. The van der Waals surface area contributed by atoms with Crippen molar-refractivity contribution in [3.05, 3.63) is 66.4 Å². The SMILES string of the molecule is CC[C@H](Sc1nnc(-c2cccnc2)n1-c1ccccc1)C(=O)Nc1nccs1. The van der Waals surface area contributed by atoms with Gasteiger partial charge in [-0.15, -0.1) is 21.5 Å². The number of benzene rings is 1. The average Bonchev–Trinajstić information content (AvgIpc) is 3.43. The van der Waals surface area contributed by atoms with Crippen molar-refractivity contribution in [2.24, 2.45) is 0 Å². The lowest BCUT2D eigenvalue weighted by Gasteiger charge is -2.15. The van der Waals surface area contributed by atoms with Crippen LogP contribution in [0.3, 0.4) is 0 Å². The van der Waals surface area contributed by atoms with E-state index in [4.69, 9.17) is 0 Å². The number of amides is 1. The number of para-hydroxylation sites is 1. The van der Waals surface area contributed by atoms with Crippen molar-refractivity contribution in [3.8, 4) is 17.1 Å². The van der Waals surface area contributed by atoms with Gasteiger partial charge in [0.25, 0.3) is 0 Å². The van der Waals surface area contributed by atoms with Gasteiger partial charge >= 0.3 is 0 Å². The molecule has 7 nitrogen and oxygen atoms in total. The van der Waals surface area contributed by atoms with E-state index in [0.717, 1.165) is 11.3 Å². The number of pyridine rings is 1. The molecule has 0 radical (unpaired) electrons. The molecule has 0 aliphatic heterocycles. The van der Waals surface area contributed by atoms with E-state index in [2.05, 4.69) is 25.5 Å². The lowest BCUT2D eigenvalue weighted by atomic mass is 10.2. The molecule has 1 aromatic carbocycles. The first-order valence-corrected chi connectivity index (χ1v) is 10.8. The normalized spacial score (nSPS) is 11.9. The number of anilines is 1. The van der Waals surface area contributed by atoms with E-state index in [1.807, 2.05) is 59.3 Å². The largest absolute Gasteiger partial charge is 0.301 e. The number of nitrogens with one attached hydrogen (secondary N) is 1. The van der Waals surface area contributed by atoms with Gasteiger partial charge in [-0.25, -0.2) is 4.98 Å². The molecule has 0 aliphatic rings. The predicted octanol–water partition coefficient (Wildman–Crippen LogP) is 4.30. The molecule has 1 N–H and O–H groups in total. The van der Waals surface area contributed by atoms with E-state index in [0.29, 0.717) is 22.5 Å². The van der Waals surface area contributed by atoms with Gasteiger partial charge in [-0.1, -0.05) is 36.9 Å². The van der Waals surface area contributed by atoms with Crippen LogP contribution in [-0.4, -0.2) is 35.9 Å². The molecule has 0 unspecified atom stereocenters. The first-order valence-electron chi connectivity index (χ1n) is 9.04. The van der Waals surface area contributed by atoms with Gasteiger partial charge in [-0.2, -0.15) is 0 Å². The number of carbonyl (C=O) groups is 1. The van der Waals surface area contributed by atoms with E-state index < -0.39 is 0 Å². The maximum atomic E-state index is 12.7. The van der Waals surface area contributed by atoms with Gasteiger partial charge in [0.15, 0.2) is 16.1 Å². The van der Waals surface area contributed by atoms with Gasteiger partial charge in [0.1, 0.15) is 0 Å². The van der Waals surface area contributed by atoms with Crippen LogP contribution in [0.1, 0.15) is 13.3 Å². The number of nitrogens with zero attached hydrogens (tertiary/aromatic N) is 5. The van der Waals surface area contributed by atoms with Crippen molar-refractivity contribution < 1.29 is 4.79 Å². The van der Waals surface area contributed by atoms with Gasteiger partial charge in [0.2, 0.25) is 5.91 Å². The summed E-state index contributed by atoms with van der Waals surface area (Å²) >= 11 is 2.78. The van der Waals surface area contributed by atoms with Crippen molar-refractivity contribution in [2.75, 3.05) is 5.32 Å². The minimum absolute atomic E-state index is 0.0991. The van der Waals surface area contributed by atoms with Crippen LogP contribution < -0.4 is 5.32 Å². The molecule has 0 aliphatic carbocycles. The summed E-state index contributed by atoms with van der Waals surface area (Å²) in [6.45, 7) is 1.98. The first kappa shape index (κ1) is 19.3. The first-order chi connectivity index (χ1) is 14.3. The molecule has 0 saturated carbocycles.